The monoisotopic (exact) mass is 380 g/mol. The van der Waals surface area contributed by atoms with Crippen LogP contribution in [0.25, 0.3) is 0 Å². The quantitative estimate of drug-likeness (QED) is 0.773. The molecule has 130 valence electrons. The Morgan fingerprint density at radius 1 is 0.960 bits per heavy atom. The summed E-state index contributed by atoms with van der Waals surface area (Å²) in [6.07, 6.45) is 0. The SMILES string of the molecule is CC(=O)Nc1ccc(C(=O)OCC(=O)Nc2c(Cl)cccc2Cl)cc1. The van der Waals surface area contributed by atoms with Crippen LogP contribution in [0.15, 0.2) is 42.5 Å². The van der Waals surface area contributed by atoms with Gasteiger partial charge in [0.2, 0.25) is 5.91 Å². The molecule has 0 bridgehead atoms. The van der Waals surface area contributed by atoms with Gasteiger partial charge in [-0.25, -0.2) is 4.79 Å². The minimum Gasteiger partial charge on any atom is -0.452 e. The largest absolute Gasteiger partial charge is 0.452 e. The van der Waals surface area contributed by atoms with Crippen molar-refractivity contribution in [2.24, 2.45) is 0 Å². The van der Waals surface area contributed by atoms with Gasteiger partial charge in [-0.3, -0.25) is 9.59 Å². The van der Waals surface area contributed by atoms with Crippen LogP contribution in [0.5, 0.6) is 0 Å². The molecular formula is C17H14Cl2N2O4. The molecule has 2 N–H and O–H groups in total. The fourth-order valence-corrected chi connectivity index (χ4v) is 2.39. The van der Waals surface area contributed by atoms with Gasteiger partial charge in [0.25, 0.3) is 5.91 Å². The lowest BCUT2D eigenvalue weighted by atomic mass is 10.2. The normalized spacial score (nSPS) is 10.0. The molecule has 0 aliphatic rings. The molecule has 0 aromatic heterocycles. The first-order valence-electron chi connectivity index (χ1n) is 7.15. The van der Waals surface area contributed by atoms with Crippen molar-refractivity contribution in [3.05, 3.63) is 58.1 Å². The number of benzene rings is 2. The molecule has 2 rings (SSSR count). The third-order valence-electron chi connectivity index (χ3n) is 3.00. The molecule has 2 aromatic carbocycles. The average Bonchev–Trinajstić information content (AvgIpc) is 2.56. The highest BCUT2D eigenvalue weighted by atomic mass is 35.5. The number of hydrogen-bond acceptors (Lipinski definition) is 4. The summed E-state index contributed by atoms with van der Waals surface area (Å²) in [7, 11) is 0. The van der Waals surface area contributed by atoms with E-state index in [4.69, 9.17) is 27.9 Å². The van der Waals surface area contributed by atoms with Crippen molar-refractivity contribution in [3.63, 3.8) is 0 Å². The molecule has 0 heterocycles. The Hall–Kier alpha value is -2.57. The summed E-state index contributed by atoms with van der Waals surface area (Å²) in [6.45, 7) is 0.889. The van der Waals surface area contributed by atoms with Crippen molar-refractivity contribution in [1.29, 1.82) is 0 Å². The van der Waals surface area contributed by atoms with Gasteiger partial charge in [-0.1, -0.05) is 29.3 Å². The van der Waals surface area contributed by atoms with Crippen LogP contribution in [0.4, 0.5) is 11.4 Å². The topological polar surface area (TPSA) is 84.5 Å². The molecule has 0 unspecified atom stereocenters. The van der Waals surface area contributed by atoms with E-state index >= 15 is 0 Å². The fraction of sp³-hybridized carbons (Fsp3) is 0.118. The number of para-hydroxylation sites is 1. The predicted molar refractivity (Wildman–Crippen MR) is 96.1 cm³/mol. The minimum atomic E-state index is -0.671. The maximum atomic E-state index is 11.9. The minimum absolute atomic E-state index is 0.217. The highest BCUT2D eigenvalue weighted by Gasteiger charge is 2.13. The van der Waals surface area contributed by atoms with Crippen molar-refractivity contribution in [2.75, 3.05) is 17.2 Å². The van der Waals surface area contributed by atoms with E-state index in [2.05, 4.69) is 10.6 Å². The molecule has 8 heteroatoms. The van der Waals surface area contributed by atoms with Gasteiger partial charge in [0.15, 0.2) is 6.61 Å². The van der Waals surface area contributed by atoms with Gasteiger partial charge < -0.3 is 15.4 Å². The standard InChI is InChI=1S/C17H14Cl2N2O4/c1-10(22)20-12-7-5-11(6-8-12)17(24)25-9-15(23)21-16-13(18)3-2-4-14(16)19/h2-8H,9H2,1H3,(H,20,22)(H,21,23). The summed E-state index contributed by atoms with van der Waals surface area (Å²) in [6, 6.07) is 10.9. The van der Waals surface area contributed by atoms with E-state index in [0.717, 1.165) is 0 Å². The van der Waals surface area contributed by atoms with Crippen LogP contribution in [0.1, 0.15) is 17.3 Å². The number of esters is 1. The van der Waals surface area contributed by atoms with E-state index in [1.165, 1.54) is 19.1 Å². The summed E-state index contributed by atoms with van der Waals surface area (Å²) in [4.78, 5) is 34.7. The van der Waals surface area contributed by atoms with Crippen LogP contribution in [0.2, 0.25) is 10.0 Å². The second-order valence-electron chi connectivity index (χ2n) is 4.98. The molecule has 2 amide bonds. The van der Waals surface area contributed by atoms with E-state index in [9.17, 15) is 14.4 Å². The van der Waals surface area contributed by atoms with Gasteiger partial charge in [0, 0.05) is 12.6 Å². The number of anilines is 2. The van der Waals surface area contributed by atoms with Crippen LogP contribution >= 0.6 is 23.2 Å². The lowest BCUT2D eigenvalue weighted by Gasteiger charge is -2.10. The first-order chi connectivity index (χ1) is 11.9. The smallest absolute Gasteiger partial charge is 0.338 e. The predicted octanol–water partition coefficient (Wildman–Crippen LogP) is 3.75. The Labute approximate surface area is 154 Å². The number of rotatable bonds is 5. The van der Waals surface area contributed by atoms with Crippen LogP contribution in [0, 0.1) is 0 Å². The average molecular weight is 381 g/mol. The first kappa shape index (κ1) is 18.8. The van der Waals surface area contributed by atoms with E-state index < -0.39 is 18.5 Å². The van der Waals surface area contributed by atoms with Crippen molar-refractivity contribution in [2.45, 2.75) is 6.92 Å². The molecule has 0 saturated heterocycles. The molecule has 0 saturated carbocycles. The molecule has 2 aromatic rings. The Bertz CT molecular complexity index is 787. The molecular weight excluding hydrogens is 367 g/mol. The van der Waals surface area contributed by atoms with E-state index in [1.54, 1.807) is 30.3 Å². The van der Waals surface area contributed by atoms with Gasteiger partial charge >= 0.3 is 5.97 Å². The third kappa shape index (κ3) is 5.48. The fourth-order valence-electron chi connectivity index (χ4n) is 1.90. The van der Waals surface area contributed by atoms with Crippen LogP contribution in [0.3, 0.4) is 0 Å². The highest BCUT2D eigenvalue weighted by Crippen LogP contribution is 2.29. The highest BCUT2D eigenvalue weighted by molar-refractivity contribution is 6.39. The van der Waals surface area contributed by atoms with Crippen LogP contribution in [-0.4, -0.2) is 24.4 Å². The first-order valence-corrected chi connectivity index (χ1v) is 7.91. The van der Waals surface area contributed by atoms with Crippen LogP contribution in [-0.2, 0) is 14.3 Å². The number of amides is 2. The molecule has 6 nitrogen and oxygen atoms in total. The van der Waals surface area contributed by atoms with E-state index in [-0.39, 0.29) is 27.2 Å². The van der Waals surface area contributed by atoms with Gasteiger partial charge in [-0.15, -0.1) is 0 Å². The molecule has 25 heavy (non-hydrogen) atoms. The van der Waals surface area contributed by atoms with Crippen molar-refractivity contribution in [3.8, 4) is 0 Å². The number of hydrogen-bond donors (Lipinski definition) is 2. The second kappa shape index (κ2) is 8.50. The molecule has 0 atom stereocenters. The zero-order chi connectivity index (χ0) is 18.4. The Balaban J connectivity index is 1.91. The van der Waals surface area contributed by atoms with E-state index in [0.29, 0.717) is 5.69 Å². The second-order valence-corrected chi connectivity index (χ2v) is 5.79. The van der Waals surface area contributed by atoms with E-state index in [1.807, 2.05) is 0 Å². The van der Waals surface area contributed by atoms with Crippen molar-refractivity contribution >= 4 is 52.4 Å². The summed E-state index contributed by atoms with van der Waals surface area (Å²) in [5.41, 5.74) is 1.05. The Kier molecular flexibility index (Phi) is 6.38. The molecule has 0 spiro atoms. The summed E-state index contributed by atoms with van der Waals surface area (Å²) in [5, 5.41) is 5.62. The van der Waals surface area contributed by atoms with Gasteiger partial charge in [0.05, 0.1) is 21.3 Å². The number of carbonyl (C=O) groups is 3. The lowest BCUT2D eigenvalue weighted by molar-refractivity contribution is -0.119. The molecule has 0 aliphatic heterocycles. The Morgan fingerprint density at radius 2 is 1.56 bits per heavy atom. The van der Waals surface area contributed by atoms with Gasteiger partial charge in [0.1, 0.15) is 0 Å². The summed E-state index contributed by atoms with van der Waals surface area (Å²) < 4.78 is 4.94. The number of ether oxygens (including phenoxy) is 1. The maximum absolute atomic E-state index is 11.9. The number of nitrogens with one attached hydrogen (secondary N) is 2. The van der Waals surface area contributed by atoms with Gasteiger partial charge in [-0.2, -0.15) is 0 Å². The van der Waals surface area contributed by atoms with Gasteiger partial charge in [-0.05, 0) is 36.4 Å². The molecule has 0 radical (unpaired) electrons. The summed E-state index contributed by atoms with van der Waals surface area (Å²) >= 11 is 11.9. The number of halogens is 2. The van der Waals surface area contributed by atoms with Crippen molar-refractivity contribution in [1.82, 2.24) is 0 Å². The number of carbonyl (C=O) groups excluding carboxylic acids is 3. The zero-order valence-electron chi connectivity index (χ0n) is 13.1. The van der Waals surface area contributed by atoms with Crippen LogP contribution < -0.4 is 10.6 Å². The molecule has 0 fully saturated rings. The molecule has 0 aliphatic carbocycles. The zero-order valence-corrected chi connectivity index (χ0v) is 14.6. The third-order valence-corrected chi connectivity index (χ3v) is 3.63. The van der Waals surface area contributed by atoms with Crippen molar-refractivity contribution < 1.29 is 19.1 Å². The maximum Gasteiger partial charge on any atom is 0.338 e. The Morgan fingerprint density at radius 3 is 2.12 bits per heavy atom. The lowest BCUT2D eigenvalue weighted by Crippen LogP contribution is -2.21. The summed E-state index contributed by atoms with van der Waals surface area (Å²) in [5.74, 6) is -1.46.